The summed E-state index contributed by atoms with van der Waals surface area (Å²) in [6.45, 7) is 2.27. The summed E-state index contributed by atoms with van der Waals surface area (Å²) in [6, 6.07) is 0. The summed E-state index contributed by atoms with van der Waals surface area (Å²) >= 11 is 0. The quantitative estimate of drug-likeness (QED) is 0.603. The Balaban J connectivity index is 1.93. The molecule has 0 spiro atoms. The molecule has 0 heteroatoms. The highest BCUT2D eigenvalue weighted by Crippen LogP contribution is 2.37. The lowest BCUT2D eigenvalue weighted by Gasteiger charge is -2.30. The van der Waals surface area contributed by atoms with Gasteiger partial charge in [-0.05, 0) is 38.0 Å². The largest absolute Gasteiger partial charge is 0.0699 e. The van der Waals surface area contributed by atoms with Crippen LogP contribution in [-0.2, 0) is 0 Å². The van der Waals surface area contributed by atoms with Crippen molar-refractivity contribution in [1.29, 1.82) is 0 Å². The van der Waals surface area contributed by atoms with Crippen molar-refractivity contribution < 1.29 is 0 Å². The molecular weight excluding hydrogens is 156 g/mol. The normalized spacial score (nSPS) is 23.5. The predicted octanol–water partition coefficient (Wildman–Crippen LogP) is 4.23. The summed E-state index contributed by atoms with van der Waals surface area (Å²) in [4.78, 5) is 0. The van der Waals surface area contributed by atoms with Crippen LogP contribution < -0.4 is 0 Å². The lowest BCUT2D eigenvalue weighted by atomic mass is 9.76. The third-order valence-corrected chi connectivity index (χ3v) is 3.47. The first-order chi connectivity index (χ1) is 6.40. The highest BCUT2D eigenvalue weighted by Gasteiger charge is 2.22. The van der Waals surface area contributed by atoms with Gasteiger partial charge in [0.25, 0.3) is 0 Å². The minimum atomic E-state index is 0.972. The van der Waals surface area contributed by atoms with Crippen LogP contribution >= 0.6 is 0 Å². The van der Waals surface area contributed by atoms with Gasteiger partial charge in [0.05, 0.1) is 0 Å². The molecule has 0 aromatic heterocycles. The third-order valence-electron chi connectivity index (χ3n) is 3.47. The van der Waals surface area contributed by atoms with E-state index in [1.54, 1.807) is 11.1 Å². The number of allylic oxidation sites excluding steroid dienone is 4. The zero-order chi connectivity index (χ0) is 9.10. The lowest BCUT2D eigenvalue weighted by molar-refractivity contribution is 0.358. The first kappa shape index (κ1) is 9.05. The van der Waals surface area contributed by atoms with Gasteiger partial charge < -0.3 is 0 Å². The Kier molecular flexibility index (Phi) is 2.87. The molecule has 0 aliphatic heterocycles. The maximum atomic E-state index is 2.42. The van der Waals surface area contributed by atoms with Gasteiger partial charge in [-0.3, -0.25) is 0 Å². The molecule has 0 amide bonds. The summed E-state index contributed by atoms with van der Waals surface area (Å²) in [5.41, 5.74) is 3.41. The van der Waals surface area contributed by atoms with E-state index in [-0.39, 0.29) is 0 Å². The fourth-order valence-corrected chi connectivity index (χ4v) is 2.35. The van der Waals surface area contributed by atoms with Crippen LogP contribution in [-0.4, -0.2) is 0 Å². The zero-order valence-electron chi connectivity index (χ0n) is 8.68. The fraction of sp³-hybridized carbons (Fsp3) is 0.692. The molecule has 0 heterocycles. The third kappa shape index (κ3) is 2.04. The van der Waals surface area contributed by atoms with Gasteiger partial charge in [-0.1, -0.05) is 43.1 Å². The fourth-order valence-electron chi connectivity index (χ4n) is 2.35. The molecule has 0 aromatic rings. The van der Waals surface area contributed by atoms with Crippen molar-refractivity contribution in [1.82, 2.24) is 0 Å². The molecule has 13 heavy (non-hydrogen) atoms. The molecule has 0 radical (unpaired) electrons. The van der Waals surface area contributed by atoms with Gasteiger partial charge in [-0.15, -0.1) is 0 Å². The van der Waals surface area contributed by atoms with E-state index in [1.807, 2.05) is 0 Å². The number of hydrogen-bond donors (Lipinski definition) is 0. The van der Waals surface area contributed by atoms with Crippen LogP contribution in [0.1, 0.15) is 51.9 Å². The van der Waals surface area contributed by atoms with Crippen LogP contribution in [0.3, 0.4) is 0 Å². The van der Waals surface area contributed by atoms with Crippen molar-refractivity contribution in [2.24, 2.45) is 5.92 Å². The average Bonchev–Trinajstić information content (AvgIpc) is 2.06. The predicted molar refractivity (Wildman–Crippen MR) is 57.6 cm³/mol. The highest BCUT2D eigenvalue weighted by atomic mass is 14.3. The van der Waals surface area contributed by atoms with Crippen LogP contribution in [0.25, 0.3) is 0 Å². The van der Waals surface area contributed by atoms with Crippen LogP contribution in [0.15, 0.2) is 23.3 Å². The first-order valence-corrected chi connectivity index (χ1v) is 5.78. The van der Waals surface area contributed by atoms with Crippen molar-refractivity contribution in [3.05, 3.63) is 23.3 Å². The number of rotatable bonds is 3. The molecule has 2 aliphatic carbocycles. The van der Waals surface area contributed by atoms with Gasteiger partial charge in [-0.2, -0.15) is 0 Å². The molecule has 0 saturated heterocycles. The Morgan fingerprint density at radius 1 is 1.23 bits per heavy atom. The monoisotopic (exact) mass is 176 g/mol. The summed E-state index contributed by atoms with van der Waals surface area (Å²) in [7, 11) is 0. The molecule has 0 bridgehead atoms. The Bertz CT molecular complexity index is 228. The van der Waals surface area contributed by atoms with Gasteiger partial charge >= 0.3 is 0 Å². The Hall–Kier alpha value is -0.520. The van der Waals surface area contributed by atoms with E-state index in [0.717, 1.165) is 5.92 Å². The molecule has 1 fully saturated rings. The van der Waals surface area contributed by atoms with E-state index in [2.05, 4.69) is 19.1 Å². The topological polar surface area (TPSA) is 0 Å². The van der Waals surface area contributed by atoms with E-state index in [0.29, 0.717) is 0 Å². The SMILES string of the molecule is CCCC1=CC=C(C2CCC2)CC1. The molecule has 0 aromatic carbocycles. The van der Waals surface area contributed by atoms with Crippen molar-refractivity contribution >= 4 is 0 Å². The van der Waals surface area contributed by atoms with Crippen LogP contribution in [0, 0.1) is 5.92 Å². The van der Waals surface area contributed by atoms with Crippen molar-refractivity contribution in [2.45, 2.75) is 51.9 Å². The summed E-state index contributed by atoms with van der Waals surface area (Å²) in [5.74, 6) is 0.972. The minimum Gasteiger partial charge on any atom is -0.0699 e. The second-order valence-corrected chi connectivity index (χ2v) is 4.44. The van der Waals surface area contributed by atoms with E-state index in [1.165, 1.54) is 44.9 Å². The molecule has 0 nitrogen and oxygen atoms in total. The Labute approximate surface area is 81.7 Å². The van der Waals surface area contributed by atoms with E-state index < -0.39 is 0 Å². The Morgan fingerprint density at radius 3 is 2.54 bits per heavy atom. The summed E-state index contributed by atoms with van der Waals surface area (Å²) in [5, 5.41) is 0. The van der Waals surface area contributed by atoms with Gasteiger partial charge in [0.2, 0.25) is 0 Å². The molecule has 72 valence electrons. The van der Waals surface area contributed by atoms with Crippen molar-refractivity contribution in [2.75, 3.05) is 0 Å². The number of hydrogen-bond acceptors (Lipinski definition) is 0. The molecule has 0 unspecified atom stereocenters. The average molecular weight is 176 g/mol. The minimum absolute atomic E-state index is 0.972. The highest BCUT2D eigenvalue weighted by molar-refractivity contribution is 5.26. The maximum Gasteiger partial charge on any atom is -0.0200 e. The first-order valence-electron chi connectivity index (χ1n) is 5.78. The van der Waals surface area contributed by atoms with Gasteiger partial charge in [0.15, 0.2) is 0 Å². The van der Waals surface area contributed by atoms with Crippen LogP contribution in [0.4, 0.5) is 0 Å². The second-order valence-electron chi connectivity index (χ2n) is 4.44. The van der Waals surface area contributed by atoms with Gasteiger partial charge in [0.1, 0.15) is 0 Å². The lowest BCUT2D eigenvalue weighted by Crippen LogP contribution is -2.15. The molecule has 2 rings (SSSR count). The van der Waals surface area contributed by atoms with E-state index in [9.17, 15) is 0 Å². The molecule has 0 N–H and O–H groups in total. The van der Waals surface area contributed by atoms with Gasteiger partial charge in [0, 0.05) is 0 Å². The smallest absolute Gasteiger partial charge is 0.0200 e. The van der Waals surface area contributed by atoms with E-state index >= 15 is 0 Å². The van der Waals surface area contributed by atoms with Crippen LogP contribution in [0.2, 0.25) is 0 Å². The molecule has 2 aliphatic rings. The second kappa shape index (κ2) is 4.13. The molecule has 0 atom stereocenters. The standard InChI is InChI=1S/C13H20/c1-2-4-11-7-9-13(10-8-11)12-5-3-6-12/h7,9,12H,2-6,8,10H2,1H3. The summed E-state index contributed by atoms with van der Waals surface area (Å²) in [6.07, 6.45) is 14.5. The molecular formula is C13H20. The molecule has 1 saturated carbocycles. The van der Waals surface area contributed by atoms with Crippen molar-refractivity contribution in [3.8, 4) is 0 Å². The van der Waals surface area contributed by atoms with Crippen molar-refractivity contribution in [3.63, 3.8) is 0 Å². The van der Waals surface area contributed by atoms with Crippen LogP contribution in [0.5, 0.6) is 0 Å². The maximum absolute atomic E-state index is 2.42. The zero-order valence-corrected chi connectivity index (χ0v) is 8.68. The Morgan fingerprint density at radius 2 is 2.08 bits per heavy atom. The summed E-state index contributed by atoms with van der Waals surface area (Å²) < 4.78 is 0. The van der Waals surface area contributed by atoms with Gasteiger partial charge in [-0.25, -0.2) is 0 Å². The van der Waals surface area contributed by atoms with E-state index in [4.69, 9.17) is 0 Å².